The number of nitrogens with zero attached hydrogens (tertiary/aromatic N) is 2. The maximum absolute atomic E-state index is 12.8. The minimum atomic E-state index is -0.214. The SMILES string of the molecule is O=C(Cc1ccc(O)cc1)Nc1nc2ccc3cc(O)ccc3c2nc1Cc1ccccc1. The van der Waals surface area contributed by atoms with E-state index < -0.39 is 0 Å². The number of anilines is 1. The summed E-state index contributed by atoms with van der Waals surface area (Å²) in [6.45, 7) is 0. The van der Waals surface area contributed by atoms with Crippen molar-refractivity contribution in [2.24, 2.45) is 0 Å². The smallest absolute Gasteiger partial charge is 0.229 e. The summed E-state index contributed by atoms with van der Waals surface area (Å²) in [7, 11) is 0. The van der Waals surface area contributed by atoms with E-state index in [4.69, 9.17) is 9.97 Å². The Morgan fingerprint density at radius 3 is 2.33 bits per heavy atom. The molecule has 0 aliphatic carbocycles. The number of phenolic OH excluding ortho intramolecular Hbond substituents is 2. The average Bonchev–Trinajstić information content (AvgIpc) is 2.81. The molecule has 1 heterocycles. The Morgan fingerprint density at radius 1 is 0.788 bits per heavy atom. The van der Waals surface area contributed by atoms with Crippen LogP contribution in [0.15, 0.2) is 84.9 Å². The molecule has 0 fully saturated rings. The van der Waals surface area contributed by atoms with Gasteiger partial charge in [0, 0.05) is 11.8 Å². The lowest BCUT2D eigenvalue weighted by Crippen LogP contribution is -2.17. The maximum Gasteiger partial charge on any atom is 0.229 e. The van der Waals surface area contributed by atoms with Gasteiger partial charge in [-0.1, -0.05) is 48.5 Å². The first-order chi connectivity index (χ1) is 16.0. The fraction of sp³-hybridized carbons (Fsp3) is 0.0741. The molecule has 5 rings (SSSR count). The standard InChI is InChI=1S/C27H21N3O3/c31-20-9-6-18(7-10-20)15-25(33)30-27-24(14-17-4-2-1-3-5-17)28-26-22-12-11-21(32)16-19(22)8-13-23(26)29-27/h1-13,16,31-32H,14-15H2,(H,29,30,33). The van der Waals surface area contributed by atoms with Crippen molar-refractivity contribution in [3.05, 3.63) is 102 Å². The van der Waals surface area contributed by atoms with Crippen molar-refractivity contribution < 1.29 is 15.0 Å². The fourth-order valence-electron chi connectivity index (χ4n) is 3.86. The van der Waals surface area contributed by atoms with E-state index in [1.807, 2.05) is 48.5 Å². The van der Waals surface area contributed by atoms with Crippen molar-refractivity contribution >= 4 is 33.5 Å². The molecule has 0 unspecified atom stereocenters. The first-order valence-electron chi connectivity index (χ1n) is 10.6. The van der Waals surface area contributed by atoms with E-state index in [0.29, 0.717) is 23.4 Å². The first kappa shape index (κ1) is 20.5. The van der Waals surface area contributed by atoms with E-state index in [1.54, 1.807) is 36.4 Å². The van der Waals surface area contributed by atoms with Gasteiger partial charge in [0.15, 0.2) is 5.82 Å². The van der Waals surface area contributed by atoms with Crippen LogP contribution in [0.4, 0.5) is 5.82 Å². The summed E-state index contributed by atoms with van der Waals surface area (Å²) in [5.41, 5.74) is 3.88. The highest BCUT2D eigenvalue weighted by atomic mass is 16.3. The van der Waals surface area contributed by atoms with Crippen LogP contribution >= 0.6 is 0 Å². The zero-order valence-corrected chi connectivity index (χ0v) is 17.7. The Bertz CT molecular complexity index is 1470. The number of phenols is 2. The molecule has 6 nitrogen and oxygen atoms in total. The third-order valence-electron chi connectivity index (χ3n) is 5.48. The Balaban J connectivity index is 1.55. The number of carbonyl (C=O) groups excluding carboxylic acids is 1. The van der Waals surface area contributed by atoms with Crippen LogP contribution < -0.4 is 5.32 Å². The van der Waals surface area contributed by atoms with E-state index in [2.05, 4.69) is 5.32 Å². The number of fused-ring (bicyclic) bond motifs is 3. The lowest BCUT2D eigenvalue weighted by atomic mass is 10.1. The summed E-state index contributed by atoms with van der Waals surface area (Å²) in [6.07, 6.45) is 0.662. The van der Waals surface area contributed by atoms with Gasteiger partial charge in [0.2, 0.25) is 5.91 Å². The van der Waals surface area contributed by atoms with E-state index in [-0.39, 0.29) is 23.8 Å². The molecule has 1 amide bonds. The summed E-state index contributed by atoms with van der Waals surface area (Å²) >= 11 is 0. The van der Waals surface area contributed by atoms with E-state index >= 15 is 0 Å². The largest absolute Gasteiger partial charge is 0.508 e. The Labute approximate surface area is 190 Å². The fourth-order valence-corrected chi connectivity index (χ4v) is 3.86. The molecule has 0 spiro atoms. The van der Waals surface area contributed by atoms with E-state index in [1.165, 1.54) is 0 Å². The molecule has 0 aliphatic rings. The van der Waals surface area contributed by atoms with Crippen molar-refractivity contribution in [1.82, 2.24) is 9.97 Å². The van der Waals surface area contributed by atoms with Gasteiger partial charge < -0.3 is 15.5 Å². The summed E-state index contributed by atoms with van der Waals surface area (Å²) in [5, 5.41) is 24.0. The zero-order valence-electron chi connectivity index (χ0n) is 17.7. The second kappa shape index (κ2) is 8.59. The monoisotopic (exact) mass is 435 g/mol. The van der Waals surface area contributed by atoms with Gasteiger partial charge in [0.25, 0.3) is 0 Å². The quantitative estimate of drug-likeness (QED) is 0.339. The average molecular weight is 435 g/mol. The summed E-state index contributed by atoms with van der Waals surface area (Å²) in [5.74, 6) is 0.560. The molecule has 0 aliphatic heterocycles. The first-order valence-corrected chi connectivity index (χ1v) is 10.6. The molecular formula is C27H21N3O3. The van der Waals surface area contributed by atoms with Gasteiger partial charge >= 0.3 is 0 Å². The van der Waals surface area contributed by atoms with Gasteiger partial charge in [-0.25, -0.2) is 9.97 Å². The minimum absolute atomic E-state index is 0.155. The van der Waals surface area contributed by atoms with Crippen LogP contribution in [0, 0.1) is 0 Å². The highest BCUT2D eigenvalue weighted by molar-refractivity contribution is 6.05. The van der Waals surface area contributed by atoms with Crippen LogP contribution in [0.3, 0.4) is 0 Å². The van der Waals surface area contributed by atoms with Gasteiger partial charge in [-0.05, 0) is 52.9 Å². The predicted molar refractivity (Wildman–Crippen MR) is 128 cm³/mol. The second-order valence-corrected chi connectivity index (χ2v) is 7.91. The van der Waals surface area contributed by atoms with Gasteiger partial charge in [-0.3, -0.25) is 4.79 Å². The lowest BCUT2D eigenvalue weighted by Gasteiger charge is -2.13. The molecule has 1 aromatic heterocycles. The number of rotatable bonds is 5. The number of hydrogen-bond acceptors (Lipinski definition) is 5. The highest BCUT2D eigenvalue weighted by Crippen LogP contribution is 2.28. The molecular weight excluding hydrogens is 414 g/mol. The van der Waals surface area contributed by atoms with Crippen LogP contribution in [0.2, 0.25) is 0 Å². The van der Waals surface area contributed by atoms with Crippen LogP contribution in [-0.4, -0.2) is 26.1 Å². The van der Waals surface area contributed by atoms with Gasteiger partial charge in [-0.15, -0.1) is 0 Å². The van der Waals surface area contributed by atoms with Crippen molar-refractivity contribution in [3.8, 4) is 11.5 Å². The van der Waals surface area contributed by atoms with Gasteiger partial charge in [0.1, 0.15) is 11.5 Å². The lowest BCUT2D eigenvalue weighted by molar-refractivity contribution is -0.115. The topological polar surface area (TPSA) is 95.3 Å². The highest BCUT2D eigenvalue weighted by Gasteiger charge is 2.15. The molecule has 0 atom stereocenters. The minimum Gasteiger partial charge on any atom is -0.508 e. The Hall–Kier alpha value is -4.45. The molecule has 0 saturated carbocycles. The molecule has 4 aromatic carbocycles. The van der Waals surface area contributed by atoms with Gasteiger partial charge in [0.05, 0.1) is 23.1 Å². The van der Waals surface area contributed by atoms with Crippen LogP contribution in [0.5, 0.6) is 11.5 Å². The van der Waals surface area contributed by atoms with Crippen LogP contribution in [0.25, 0.3) is 21.8 Å². The second-order valence-electron chi connectivity index (χ2n) is 7.91. The Morgan fingerprint density at radius 2 is 1.55 bits per heavy atom. The number of nitrogens with one attached hydrogen (secondary N) is 1. The number of carbonyl (C=O) groups is 1. The molecule has 5 aromatic rings. The summed E-state index contributed by atoms with van der Waals surface area (Å²) in [4.78, 5) is 22.4. The third-order valence-corrected chi connectivity index (χ3v) is 5.48. The van der Waals surface area contributed by atoms with E-state index in [9.17, 15) is 15.0 Å². The van der Waals surface area contributed by atoms with Crippen molar-refractivity contribution in [2.75, 3.05) is 5.32 Å². The van der Waals surface area contributed by atoms with E-state index in [0.717, 1.165) is 27.4 Å². The molecule has 0 radical (unpaired) electrons. The third kappa shape index (κ3) is 4.45. The summed E-state index contributed by atoms with van der Waals surface area (Å²) < 4.78 is 0. The van der Waals surface area contributed by atoms with Crippen molar-refractivity contribution in [3.63, 3.8) is 0 Å². The number of aromatic hydroxyl groups is 2. The number of aromatic nitrogens is 2. The number of benzene rings is 4. The molecule has 3 N–H and O–H groups in total. The molecule has 33 heavy (non-hydrogen) atoms. The predicted octanol–water partition coefficient (Wildman–Crippen LogP) is 4.97. The molecule has 162 valence electrons. The number of hydrogen-bond donors (Lipinski definition) is 3. The Kier molecular flexibility index (Phi) is 5.32. The maximum atomic E-state index is 12.8. The molecule has 0 bridgehead atoms. The summed E-state index contributed by atoms with van der Waals surface area (Å²) in [6, 6.07) is 25.3. The van der Waals surface area contributed by atoms with Gasteiger partial charge in [-0.2, -0.15) is 0 Å². The molecule has 0 saturated heterocycles. The van der Waals surface area contributed by atoms with Crippen LogP contribution in [-0.2, 0) is 17.6 Å². The normalized spacial score (nSPS) is 11.0. The molecule has 6 heteroatoms. The van der Waals surface area contributed by atoms with Crippen molar-refractivity contribution in [2.45, 2.75) is 12.8 Å². The number of amides is 1. The zero-order chi connectivity index (χ0) is 22.8. The van der Waals surface area contributed by atoms with Crippen molar-refractivity contribution in [1.29, 1.82) is 0 Å². The van der Waals surface area contributed by atoms with Crippen LogP contribution in [0.1, 0.15) is 16.8 Å².